The molecule has 0 aliphatic heterocycles. The van der Waals surface area contributed by atoms with Crippen molar-refractivity contribution >= 4 is 17.2 Å². The number of aldehydes is 1. The van der Waals surface area contributed by atoms with E-state index >= 15 is 0 Å². The van der Waals surface area contributed by atoms with Crippen LogP contribution in [0.4, 0.5) is 4.39 Å². The van der Waals surface area contributed by atoms with Gasteiger partial charge in [0.05, 0.1) is 25.1 Å². The quantitative estimate of drug-likeness (QED) is 0.675. The summed E-state index contributed by atoms with van der Waals surface area (Å²) in [6, 6.07) is 9.96. The Labute approximate surface area is 133 Å². The van der Waals surface area contributed by atoms with E-state index < -0.39 is 0 Å². The molecular weight excluding hydrogens is 297 g/mol. The van der Waals surface area contributed by atoms with Gasteiger partial charge < -0.3 is 14.0 Å². The third-order valence-electron chi connectivity index (χ3n) is 3.77. The van der Waals surface area contributed by atoms with Gasteiger partial charge in [-0.3, -0.25) is 4.79 Å². The van der Waals surface area contributed by atoms with Crippen molar-refractivity contribution in [2.24, 2.45) is 0 Å². The predicted molar refractivity (Wildman–Crippen MR) is 85.9 cm³/mol. The molecule has 0 unspecified atom stereocenters. The van der Waals surface area contributed by atoms with Crippen molar-refractivity contribution in [1.82, 2.24) is 4.57 Å². The molecule has 2 aromatic carbocycles. The number of rotatable bonds is 5. The van der Waals surface area contributed by atoms with E-state index in [1.165, 1.54) is 12.1 Å². The highest BCUT2D eigenvalue weighted by atomic mass is 19.1. The van der Waals surface area contributed by atoms with Gasteiger partial charge in [0, 0.05) is 30.4 Å². The lowest BCUT2D eigenvalue weighted by atomic mass is 10.1. The Morgan fingerprint density at radius 3 is 2.65 bits per heavy atom. The average molecular weight is 313 g/mol. The molecule has 0 radical (unpaired) electrons. The fraction of sp³-hybridized carbons (Fsp3) is 0.167. The molecule has 0 atom stereocenters. The van der Waals surface area contributed by atoms with Crippen molar-refractivity contribution in [3.8, 4) is 11.5 Å². The first-order valence-electron chi connectivity index (χ1n) is 7.10. The third-order valence-corrected chi connectivity index (χ3v) is 3.77. The van der Waals surface area contributed by atoms with Gasteiger partial charge >= 0.3 is 0 Å². The molecule has 118 valence electrons. The van der Waals surface area contributed by atoms with Crippen LogP contribution in [-0.2, 0) is 6.54 Å². The Kier molecular flexibility index (Phi) is 4.02. The molecular formula is C18H16FNO3. The molecule has 0 saturated carbocycles. The molecule has 1 heterocycles. The largest absolute Gasteiger partial charge is 0.497 e. The van der Waals surface area contributed by atoms with Gasteiger partial charge in [-0.05, 0) is 17.7 Å². The highest BCUT2D eigenvalue weighted by Gasteiger charge is 2.15. The smallest absolute Gasteiger partial charge is 0.152 e. The number of ether oxygens (including phenoxy) is 2. The van der Waals surface area contributed by atoms with Gasteiger partial charge in [-0.25, -0.2) is 4.39 Å². The van der Waals surface area contributed by atoms with Crippen LogP contribution in [0.15, 0.2) is 42.6 Å². The van der Waals surface area contributed by atoms with Crippen LogP contribution in [0.5, 0.6) is 11.5 Å². The lowest BCUT2D eigenvalue weighted by Crippen LogP contribution is -1.99. The van der Waals surface area contributed by atoms with Gasteiger partial charge in [0.15, 0.2) is 6.29 Å². The molecule has 0 aliphatic rings. The van der Waals surface area contributed by atoms with E-state index in [4.69, 9.17) is 9.47 Å². The molecule has 3 rings (SSSR count). The fourth-order valence-electron chi connectivity index (χ4n) is 2.73. The van der Waals surface area contributed by atoms with Crippen molar-refractivity contribution in [1.29, 1.82) is 0 Å². The van der Waals surface area contributed by atoms with Gasteiger partial charge in [-0.1, -0.05) is 12.1 Å². The molecule has 0 aliphatic carbocycles. The van der Waals surface area contributed by atoms with Gasteiger partial charge in [0.1, 0.15) is 17.3 Å². The van der Waals surface area contributed by atoms with E-state index in [-0.39, 0.29) is 5.82 Å². The Morgan fingerprint density at radius 2 is 2.00 bits per heavy atom. The van der Waals surface area contributed by atoms with Crippen LogP contribution in [0.25, 0.3) is 10.9 Å². The van der Waals surface area contributed by atoms with E-state index in [0.29, 0.717) is 23.6 Å². The van der Waals surface area contributed by atoms with E-state index in [1.54, 1.807) is 32.5 Å². The summed E-state index contributed by atoms with van der Waals surface area (Å²) in [6.45, 7) is 0.443. The minimum atomic E-state index is -0.287. The summed E-state index contributed by atoms with van der Waals surface area (Å²) in [5.41, 5.74) is 2.13. The lowest BCUT2D eigenvalue weighted by molar-refractivity contribution is 0.112. The maximum Gasteiger partial charge on any atom is 0.152 e. The number of methoxy groups -OCH3 is 2. The molecule has 0 amide bonds. The number of aromatic nitrogens is 1. The molecule has 0 N–H and O–H groups in total. The standard InChI is InChI=1S/C18H16FNO3/c1-22-15-7-16-18(17(8-15)23-2)13(11-21)10-20(16)9-12-4-3-5-14(19)6-12/h3-8,10-11H,9H2,1-2H3. The zero-order valence-corrected chi connectivity index (χ0v) is 12.9. The highest BCUT2D eigenvalue weighted by molar-refractivity contribution is 6.02. The molecule has 3 aromatic rings. The normalized spacial score (nSPS) is 10.7. The highest BCUT2D eigenvalue weighted by Crippen LogP contribution is 2.34. The number of hydrogen-bond acceptors (Lipinski definition) is 3. The molecule has 1 aromatic heterocycles. The average Bonchev–Trinajstić information content (AvgIpc) is 2.92. The number of halogens is 1. The van der Waals surface area contributed by atoms with E-state index in [2.05, 4.69) is 0 Å². The molecule has 23 heavy (non-hydrogen) atoms. The Balaban J connectivity index is 2.18. The maximum absolute atomic E-state index is 13.4. The first-order chi connectivity index (χ1) is 11.2. The molecule has 0 spiro atoms. The summed E-state index contributed by atoms with van der Waals surface area (Å²) in [5, 5.41) is 0.722. The summed E-state index contributed by atoms with van der Waals surface area (Å²) in [7, 11) is 3.12. The number of hydrogen-bond donors (Lipinski definition) is 0. The van der Waals surface area contributed by atoms with Crippen LogP contribution in [0.2, 0.25) is 0 Å². The number of nitrogens with zero attached hydrogens (tertiary/aromatic N) is 1. The second-order valence-corrected chi connectivity index (χ2v) is 5.18. The zero-order valence-electron chi connectivity index (χ0n) is 12.9. The van der Waals surface area contributed by atoms with Crippen LogP contribution >= 0.6 is 0 Å². The Morgan fingerprint density at radius 1 is 1.17 bits per heavy atom. The lowest BCUT2D eigenvalue weighted by Gasteiger charge is -2.09. The number of benzene rings is 2. The Bertz CT molecular complexity index is 870. The number of fused-ring (bicyclic) bond motifs is 1. The second kappa shape index (κ2) is 6.12. The molecule has 0 bridgehead atoms. The summed E-state index contributed by atoms with van der Waals surface area (Å²) < 4.78 is 25.9. The molecule has 4 nitrogen and oxygen atoms in total. The monoisotopic (exact) mass is 313 g/mol. The SMILES string of the molecule is COc1cc(OC)c2c(C=O)cn(Cc3cccc(F)c3)c2c1. The molecule has 5 heteroatoms. The van der Waals surface area contributed by atoms with E-state index in [9.17, 15) is 9.18 Å². The van der Waals surface area contributed by atoms with Crippen molar-refractivity contribution in [3.63, 3.8) is 0 Å². The van der Waals surface area contributed by atoms with Crippen molar-refractivity contribution in [3.05, 3.63) is 59.5 Å². The van der Waals surface area contributed by atoms with Gasteiger partial charge in [-0.15, -0.1) is 0 Å². The topological polar surface area (TPSA) is 40.5 Å². The minimum Gasteiger partial charge on any atom is -0.497 e. The first-order valence-corrected chi connectivity index (χ1v) is 7.10. The minimum absolute atomic E-state index is 0.287. The molecule has 0 saturated heterocycles. The van der Waals surface area contributed by atoms with Crippen molar-refractivity contribution in [2.45, 2.75) is 6.54 Å². The first kappa shape index (κ1) is 15.1. The number of carbonyl (C=O) groups is 1. The molecule has 0 fully saturated rings. The van der Waals surface area contributed by atoms with Crippen molar-refractivity contribution < 1.29 is 18.7 Å². The summed E-state index contributed by atoms with van der Waals surface area (Å²) >= 11 is 0. The van der Waals surface area contributed by atoms with E-state index in [1.807, 2.05) is 16.7 Å². The summed E-state index contributed by atoms with van der Waals surface area (Å²) in [6.07, 6.45) is 2.53. The van der Waals surface area contributed by atoms with Crippen molar-refractivity contribution in [2.75, 3.05) is 14.2 Å². The number of carbonyl (C=O) groups excluding carboxylic acids is 1. The third kappa shape index (κ3) is 2.77. The van der Waals surface area contributed by atoms with Crippen LogP contribution in [0, 0.1) is 5.82 Å². The second-order valence-electron chi connectivity index (χ2n) is 5.18. The Hall–Kier alpha value is -2.82. The van der Waals surface area contributed by atoms with Crippen LogP contribution in [0.3, 0.4) is 0 Å². The van der Waals surface area contributed by atoms with Crippen LogP contribution in [-0.4, -0.2) is 25.1 Å². The predicted octanol–water partition coefficient (Wildman–Crippen LogP) is 3.66. The maximum atomic E-state index is 13.4. The summed E-state index contributed by atoms with van der Waals surface area (Å²) in [4.78, 5) is 11.4. The van der Waals surface area contributed by atoms with Gasteiger partial charge in [0.2, 0.25) is 0 Å². The zero-order chi connectivity index (χ0) is 16.4. The van der Waals surface area contributed by atoms with Crippen LogP contribution < -0.4 is 9.47 Å². The van der Waals surface area contributed by atoms with Gasteiger partial charge in [0.25, 0.3) is 0 Å². The van der Waals surface area contributed by atoms with E-state index in [0.717, 1.165) is 22.8 Å². The fourth-order valence-corrected chi connectivity index (χ4v) is 2.73. The van der Waals surface area contributed by atoms with Gasteiger partial charge in [-0.2, -0.15) is 0 Å². The van der Waals surface area contributed by atoms with Crippen LogP contribution in [0.1, 0.15) is 15.9 Å². The summed E-state index contributed by atoms with van der Waals surface area (Å²) in [5.74, 6) is 0.912.